The zero-order valence-electron chi connectivity index (χ0n) is 16.6. The minimum absolute atomic E-state index is 0.0200. The van der Waals surface area contributed by atoms with Crippen molar-refractivity contribution in [1.82, 2.24) is 0 Å². The molecule has 0 spiro atoms. The molecular weight excluding hydrogens is 420 g/mol. The molecule has 0 amide bonds. The molecule has 0 radical (unpaired) electrons. The van der Waals surface area contributed by atoms with Crippen LogP contribution in [-0.4, -0.2) is 25.3 Å². The Morgan fingerprint density at radius 1 is 0.967 bits per heavy atom. The van der Waals surface area contributed by atoms with Gasteiger partial charge in [-0.3, -0.25) is 4.79 Å². The first-order valence-corrected chi connectivity index (χ1v) is 10.8. The van der Waals surface area contributed by atoms with Gasteiger partial charge in [-0.1, -0.05) is 54.1 Å². The van der Waals surface area contributed by atoms with Crippen LogP contribution in [0.25, 0.3) is 11.1 Å². The molecule has 1 aliphatic rings. The number of fused-ring (bicyclic) bond motifs is 3. The highest BCUT2D eigenvalue weighted by Gasteiger charge is 2.33. The number of halogens is 1. The summed E-state index contributed by atoms with van der Waals surface area (Å²) in [5.41, 5.74) is 5.04. The van der Waals surface area contributed by atoms with E-state index < -0.39 is 5.97 Å². The predicted octanol–water partition coefficient (Wildman–Crippen LogP) is 6.38. The van der Waals surface area contributed by atoms with E-state index in [2.05, 4.69) is 0 Å². The van der Waals surface area contributed by atoms with Gasteiger partial charge in [-0.2, -0.15) is 0 Å². The molecule has 0 aliphatic carbocycles. The van der Waals surface area contributed by atoms with Gasteiger partial charge < -0.3 is 14.6 Å². The van der Waals surface area contributed by atoms with Crippen LogP contribution in [0.4, 0.5) is 0 Å². The number of thioether (sulfide) groups is 1. The molecule has 4 rings (SSSR count). The number of carbonyl (C=O) groups is 1. The molecule has 0 aromatic heterocycles. The Morgan fingerprint density at radius 3 is 2.43 bits per heavy atom. The van der Waals surface area contributed by atoms with Crippen molar-refractivity contribution in [1.29, 1.82) is 0 Å². The van der Waals surface area contributed by atoms with Gasteiger partial charge in [-0.25, -0.2) is 0 Å². The Bertz CT molecular complexity index is 1100. The van der Waals surface area contributed by atoms with Crippen LogP contribution in [0.2, 0.25) is 5.02 Å². The summed E-state index contributed by atoms with van der Waals surface area (Å²) in [5, 5.41) is 9.83. The Hall–Kier alpha value is -2.63. The van der Waals surface area contributed by atoms with Crippen molar-refractivity contribution < 1.29 is 19.4 Å². The molecule has 1 N–H and O–H groups in total. The Kier molecular flexibility index (Phi) is 5.93. The van der Waals surface area contributed by atoms with E-state index in [1.165, 1.54) is 0 Å². The SMILES string of the molecule is COc1cccc(C2SC(CC(=O)O)c3ccccc3-c3ccc(Cl)cc32)c1OC. The highest BCUT2D eigenvalue weighted by atomic mass is 35.5. The second-order valence-corrected chi connectivity index (χ2v) is 8.75. The fourth-order valence-corrected chi connectivity index (χ4v) is 5.78. The maximum absolute atomic E-state index is 11.7. The smallest absolute Gasteiger partial charge is 0.304 e. The molecule has 4 nitrogen and oxygen atoms in total. The second kappa shape index (κ2) is 8.62. The van der Waals surface area contributed by atoms with Gasteiger partial charge in [-0.15, -0.1) is 11.8 Å². The molecule has 1 heterocycles. The summed E-state index contributed by atoms with van der Waals surface area (Å²) < 4.78 is 11.2. The maximum Gasteiger partial charge on any atom is 0.304 e. The van der Waals surface area contributed by atoms with Crippen molar-refractivity contribution in [2.45, 2.75) is 16.9 Å². The monoisotopic (exact) mass is 440 g/mol. The molecule has 0 saturated carbocycles. The Labute approximate surface area is 184 Å². The molecule has 0 saturated heterocycles. The lowest BCUT2D eigenvalue weighted by Gasteiger charge is -2.24. The van der Waals surface area contributed by atoms with Crippen LogP contribution in [0.5, 0.6) is 11.5 Å². The molecule has 2 unspecified atom stereocenters. The normalized spacial score (nSPS) is 17.4. The van der Waals surface area contributed by atoms with E-state index in [1.54, 1.807) is 26.0 Å². The molecule has 30 heavy (non-hydrogen) atoms. The number of ether oxygens (including phenoxy) is 2. The van der Waals surface area contributed by atoms with Gasteiger partial charge >= 0.3 is 5.97 Å². The van der Waals surface area contributed by atoms with Crippen molar-refractivity contribution in [3.63, 3.8) is 0 Å². The molecule has 3 aromatic rings. The van der Waals surface area contributed by atoms with Crippen LogP contribution in [0.1, 0.15) is 33.6 Å². The third-order valence-corrected chi connectivity index (χ3v) is 7.03. The molecule has 3 aromatic carbocycles. The standard InChI is InChI=1S/C24H21ClO4S/c1-28-20-9-5-8-18(23(20)29-2)24-19-12-14(25)10-11-16(19)15-6-3-4-7-17(15)21(30-24)13-22(26)27/h3-12,21,24H,13H2,1-2H3,(H,26,27). The summed E-state index contributed by atoms with van der Waals surface area (Å²) in [5.74, 6) is 0.446. The van der Waals surface area contributed by atoms with Gasteiger partial charge in [0.25, 0.3) is 0 Å². The van der Waals surface area contributed by atoms with Gasteiger partial charge in [0.05, 0.1) is 25.9 Å². The van der Waals surface area contributed by atoms with Gasteiger partial charge in [0.15, 0.2) is 11.5 Å². The first kappa shape index (κ1) is 20.6. The molecule has 6 heteroatoms. The third-order valence-electron chi connectivity index (χ3n) is 5.27. The fourth-order valence-electron chi connectivity index (χ4n) is 4.01. The lowest BCUT2D eigenvalue weighted by Crippen LogP contribution is -2.07. The summed E-state index contributed by atoms with van der Waals surface area (Å²) in [6.45, 7) is 0. The number of hydrogen-bond donors (Lipinski definition) is 1. The van der Waals surface area contributed by atoms with Crippen LogP contribution >= 0.6 is 23.4 Å². The van der Waals surface area contributed by atoms with Crippen molar-refractivity contribution in [2.75, 3.05) is 14.2 Å². The summed E-state index contributed by atoms with van der Waals surface area (Å²) in [6.07, 6.45) is 0.0200. The summed E-state index contributed by atoms with van der Waals surface area (Å²) >= 11 is 8.00. The van der Waals surface area contributed by atoms with Gasteiger partial charge in [0, 0.05) is 15.8 Å². The minimum atomic E-state index is -0.831. The van der Waals surface area contributed by atoms with E-state index >= 15 is 0 Å². The summed E-state index contributed by atoms with van der Waals surface area (Å²) in [7, 11) is 3.22. The van der Waals surface area contributed by atoms with Crippen molar-refractivity contribution >= 4 is 29.3 Å². The maximum atomic E-state index is 11.7. The van der Waals surface area contributed by atoms with E-state index in [9.17, 15) is 9.90 Å². The largest absolute Gasteiger partial charge is 0.493 e. The predicted molar refractivity (Wildman–Crippen MR) is 121 cm³/mol. The summed E-state index contributed by atoms with van der Waals surface area (Å²) in [6, 6.07) is 19.6. The molecule has 1 aliphatic heterocycles. The Morgan fingerprint density at radius 2 is 1.70 bits per heavy atom. The molecule has 2 atom stereocenters. The molecule has 0 bridgehead atoms. The number of para-hydroxylation sites is 1. The van der Waals surface area contributed by atoms with Crippen LogP contribution < -0.4 is 9.47 Å². The third kappa shape index (κ3) is 3.75. The van der Waals surface area contributed by atoms with E-state index in [0.29, 0.717) is 16.5 Å². The lowest BCUT2D eigenvalue weighted by molar-refractivity contribution is -0.137. The van der Waals surface area contributed by atoms with Crippen molar-refractivity contribution in [2.24, 2.45) is 0 Å². The number of aliphatic carboxylic acids is 1. The second-order valence-electron chi connectivity index (χ2n) is 7.00. The van der Waals surface area contributed by atoms with Crippen LogP contribution in [-0.2, 0) is 4.79 Å². The molecule has 154 valence electrons. The number of benzene rings is 3. The number of carboxylic acids is 1. The quantitative estimate of drug-likeness (QED) is 0.499. The first-order chi connectivity index (χ1) is 14.5. The van der Waals surface area contributed by atoms with E-state index in [1.807, 2.05) is 60.7 Å². The van der Waals surface area contributed by atoms with Gasteiger partial charge in [0.1, 0.15) is 0 Å². The average molecular weight is 441 g/mol. The lowest BCUT2D eigenvalue weighted by atomic mass is 9.90. The van der Waals surface area contributed by atoms with E-state index in [-0.39, 0.29) is 16.9 Å². The highest BCUT2D eigenvalue weighted by molar-refractivity contribution is 8.00. The molecule has 0 fully saturated rings. The Balaban J connectivity index is 1.98. The fraction of sp³-hybridized carbons (Fsp3) is 0.208. The average Bonchev–Trinajstić information content (AvgIpc) is 2.87. The van der Waals surface area contributed by atoms with Crippen LogP contribution in [0.15, 0.2) is 60.7 Å². The number of carboxylic acid groups (broad SMARTS) is 1. The number of methoxy groups -OCH3 is 2. The van der Waals surface area contributed by atoms with E-state index in [4.69, 9.17) is 21.1 Å². The van der Waals surface area contributed by atoms with Crippen molar-refractivity contribution in [3.8, 4) is 22.6 Å². The summed E-state index contributed by atoms with van der Waals surface area (Å²) in [4.78, 5) is 11.7. The van der Waals surface area contributed by atoms with Crippen LogP contribution in [0, 0.1) is 0 Å². The minimum Gasteiger partial charge on any atom is -0.493 e. The van der Waals surface area contributed by atoms with Gasteiger partial charge in [-0.05, 0) is 40.5 Å². The zero-order chi connectivity index (χ0) is 21.3. The van der Waals surface area contributed by atoms with Crippen LogP contribution in [0.3, 0.4) is 0 Å². The number of rotatable bonds is 5. The van der Waals surface area contributed by atoms with Gasteiger partial charge in [0.2, 0.25) is 0 Å². The topological polar surface area (TPSA) is 55.8 Å². The molecular formula is C24H21ClO4S. The first-order valence-electron chi connectivity index (χ1n) is 9.50. The number of hydrogen-bond acceptors (Lipinski definition) is 4. The highest BCUT2D eigenvalue weighted by Crippen LogP contribution is 2.56. The van der Waals surface area contributed by atoms with Crippen molar-refractivity contribution in [3.05, 3.63) is 82.4 Å². The zero-order valence-corrected chi connectivity index (χ0v) is 18.2. The van der Waals surface area contributed by atoms with E-state index in [0.717, 1.165) is 27.8 Å².